The third kappa shape index (κ3) is 4.62. The van der Waals surface area contributed by atoms with E-state index in [4.69, 9.17) is 5.26 Å². The number of benzene rings is 1. The number of pyridine rings is 1. The van der Waals surface area contributed by atoms with Crippen molar-refractivity contribution in [2.24, 2.45) is 5.92 Å². The molecule has 1 heterocycles. The summed E-state index contributed by atoms with van der Waals surface area (Å²) < 4.78 is 26.7. The van der Waals surface area contributed by atoms with Gasteiger partial charge in [0.25, 0.3) is 0 Å². The molecule has 0 fully saturated rings. The second-order valence-corrected chi connectivity index (χ2v) is 6.83. The van der Waals surface area contributed by atoms with E-state index in [9.17, 15) is 18.3 Å². The molecule has 0 bridgehead atoms. The van der Waals surface area contributed by atoms with E-state index in [0.717, 1.165) is 11.8 Å². The molecule has 8 heteroatoms. The molecule has 1 atom stereocenters. The van der Waals surface area contributed by atoms with E-state index < -0.39 is 21.9 Å². The average molecular weight is 345 g/mol. The number of nitrogens with one attached hydrogen (secondary N) is 1. The van der Waals surface area contributed by atoms with Crippen molar-refractivity contribution in [2.75, 3.05) is 6.54 Å². The van der Waals surface area contributed by atoms with Gasteiger partial charge in [-0.3, -0.25) is 4.79 Å². The molecule has 7 nitrogen and oxygen atoms in total. The van der Waals surface area contributed by atoms with Gasteiger partial charge in [0.2, 0.25) is 10.0 Å². The lowest BCUT2D eigenvalue weighted by Crippen LogP contribution is -2.34. The maximum Gasteiger partial charge on any atom is 0.308 e. The third-order valence-corrected chi connectivity index (χ3v) is 4.76. The molecule has 24 heavy (non-hydrogen) atoms. The van der Waals surface area contributed by atoms with E-state index >= 15 is 0 Å². The summed E-state index contributed by atoms with van der Waals surface area (Å²) in [5.41, 5.74) is 0.908. The maximum atomic E-state index is 12.2. The van der Waals surface area contributed by atoms with Crippen LogP contribution in [0, 0.1) is 17.2 Å². The Balaban J connectivity index is 2.07. The van der Waals surface area contributed by atoms with E-state index in [-0.39, 0.29) is 23.6 Å². The van der Waals surface area contributed by atoms with Crippen LogP contribution in [0.4, 0.5) is 0 Å². The quantitative estimate of drug-likeness (QED) is 0.777. The predicted octanol–water partition coefficient (Wildman–Crippen LogP) is 1.18. The molecule has 0 aliphatic heterocycles. The van der Waals surface area contributed by atoms with Crippen LogP contribution in [0.25, 0.3) is 0 Å². The zero-order valence-corrected chi connectivity index (χ0v) is 13.4. The average Bonchev–Trinajstić information content (AvgIpc) is 2.59. The van der Waals surface area contributed by atoms with E-state index in [0.29, 0.717) is 0 Å². The second kappa shape index (κ2) is 7.68. The number of nitriles is 1. The molecule has 1 unspecified atom stereocenters. The van der Waals surface area contributed by atoms with Gasteiger partial charge >= 0.3 is 5.97 Å². The van der Waals surface area contributed by atoms with E-state index in [1.54, 1.807) is 30.3 Å². The number of hydrogen-bond acceptors (Lipinski definition) is 5. The normalized spacial score (nSPS) is 12.3. The Hall–Kier alpha value is -2.76. The zero-order chi connectivity index (χ0) is 17.6. The summed E-state index contributed by atoms with van der Waals surface area (Å²) in [5.74, 6) is -1.98. The highest BCUT2D eigenvalue weighted by Crippen LogP contribution is 2.11. The number of nitrogens with zero attached hydrogens (tertiary/aromatic N) is 2. The molecule has 124 valence electrons. The highest BCUT2D eigenvalue weighted by molar-refractivity contribution is 7.89. The minimum atomic E-state index is -3.89. The molecular weight excluding hydrogens is 330 g/mol. The Labute approximate surface area is 139 Å². The smallest absolute Gasteiger partial charge is 0.308 e. The van der Waals surface area contributed by atoms with Gasteiger partial charge in [-0.25, -0.2) is 18.1 Å². The van der Waals surface area contributed by atoms with Gasteiger partial charge in [0.05, 0.1) is 5.92 Å². The predicted molar refractivity (Wildman–Crippen MR) is 85.4 cm³/mol. The lowest BCUT2D eigenvalue weighted by molar-refractivity contribution is -0.141. The highest BCUT2D eigenvalue weighted by atomic mass is 32.2. The molecule has 1 aromatic carbocycles. The fraction of sp³-hybridized carbons (Fsp3) is 0.188. The van der Waals surface area contributed by atoms with Gasteiger partial charge < -0.3 is 5.11 Å². The van der Waals surface area contributed by atoms with E-state index in [2.05, 4.69) is 9.71 Å². The number of aromatic nitrogens is 1. The molecule has 2 N–H and O–H groups in total. The topological polar surface area (TPSA) is 120 Å². The minimum absolute atomic E-state index is 0.0986. The van der Waals surface area contributed by atoms with Gasteiger partial charge in [0, 0.05) is 12.7 Å². The van der Waals surface area contributed by atoms with Crippen LogP contribution in [0.3, 0.4) is 0 Å². The number of rotatable bonds is 7. The van der Waals surface area contributed by atoms with Crippen LogP contribution >= 0.6 is 0 Å². The Morgan fingerprint density at radius 3 is 2.50 bits per heavy atom. The summed E-state index contributed by atoms with van der Waals surface area (Å²) >= 11 is 0. The summed E-state index contributed by atoms with van der Waals surface area (Å²) in [6.45, 7) is -0.243. The highest BCUT2D eigenvalue weighted by Gasteiger charge is 2.22. The number of carbonyl (C=O) groups is 1. The molecule has 1 aromatic heterocycles. The first-order valence-corrected chi connectivity index (χ1v) is 8.53. The zero-order valence-electron chi connectivity index (χ0n) is 12.6. The summed E-state index contributed by atoms with van der Waals surface area (Å²) in [7, 11) is -3.89. The van der Waals surface area contributed by atoms with Crippen molar-refractivity contribution >= 4 is 16.0 Å². The van der Waals surface area contributed by atoms with Crippen LogP contribution in [0.5, 0.6) is 0 Å². The fourth-order valence-electron chi connectivity index (χ4n) is 2.04. The lowest BCUT2D eigenvalue weighted by atomic mass is 10.00. The molecular formula is C16H15N3O4S. The first-order chi connectivity index (χ1) is 11.4. The molecule has 0 saturated carbocycles. The van der Waals surface area contributed by atoms with Crippen molar-refractivity contribution in [1.29, 1.82) is 5.26 Å². The fourth-order valence-corrected chi connectivity index (χ4v) is 3.07. The van der Waals surface area contributed by atoms with Gasteiger partial charge in [-0.05, 0) is 24.1 Å². The van der Waals surface area contributed by atoms with Crippen LogP contribution in [-0.4, -0.2) is 31.0 Å². The largest absolute Gasteiger partial charge is 0.481 e. The Kier molecular flexibility index (Phi) is 5.63. The van der Waals surface area contributed by atoms with Gasteiger partial charge in [-0.1, -0.05) is 30.3 Å². The number of carboxylic acids is 1. The van der Waals surface area contributed by atoms with Crippen LogP contribution < -0.4 is 4.72 Å². The van der Waals surface area contributed by atoms with Crippen LogP contribution in [0.2, 0.25) is 0 Å². The van der Waals surface area contributed by atoms with Gasteiger partial charge in [0.1, 0.15) is 16.7 Å². The van der Waals surface area contributed by atoms with Gasteiger partial charge in [0.15, 0.2) is 0 Å². The van der Waals surface area contributed by atoms with Crippen molar-refractivity contribution in [1.82, 2.24) is 9.71 Å². The van der Waals surface area contributed by atoms with Crippen molar-refractivity contribution in [3.8, 4) is 6.07 Å². The van der Waals surface area contributed by atoms with Crippen LogP contribution in [0.1, 0.15) is 11.3 Å². The third-order valence-electron chi connectivity index (χ3n) is 3.36. The molecule has 2 rings (SSSR count). The van der Waals surface area contributed by atoms with E-state index in [1.807, 2.05) is 6.07 Å². The van der Waals surface area contributed by atoms with Gasteiger partial charge in [-0.15, -0.1) is 0 Å². The SMILES string of the molecule is N#Cc1ccc(S(=O)(=O)NCC(Cc2ccccc2)C(=O)O)cn1. The number of hydrogen-bond donors (Lipinski definition) is 2. The monoisotopic (exact) mass is 345 g/mol. The molecule has 0 radical (unpaired) electrons. The maximum absolute atomic E-state index is 12.2. The second-order valence-electron chi connectivity index (χ2n) is 5.07. The molecule has 0 spiro atoms. The first-order valence-electron chi connectivity index (χ1n) is 7.05. The molecule has 2 aromatic rings. The van der Waals surface area contributed by atoms with Crippen molar-refractivity contribution < 1.29 is 18.3 Å². The van der Waals surface area contributed by atoms with Crippen LogP contribution in [0.15, 0.2) is 53.6 Å². The van der Waals surface area contributed by atoms with Crippen molar-refractivity contribution in [3.05, 3.63) is 59.9 Å². The molecule has 0 aliphatic carbocycles. The van der Waals surface area contributed by atoms with E-state index in [1.165, 1.54) is 12.1 Å². The Bertz CT molecular complexity index is 843. The number of aliphatic carboxylic acids is 1. The number of sulfonamides is 1. The lowest BCUT2D eigenvalue weighted by Gasteiger charge is -2.13. The van der Waals surface area contributed by atoms with Gasteiger partial charge in [-0.2, -0.15) is 5.26 Å². The summed E-state index contributed by atoms with van der Waals surface area (Å²) in [5, 5.41) is 18.0. The number of carboxylic acid groups (broad SMARTS) is 1. The minimum Gasteiger partial charge on any atom is -0.481 e. The Morgan fingerprint density at radius 2 is 1.96 bits per heavy atom. The summed E-state index contributed by atoms with van der Waals surface area (Å²) in [6.07, 6.45) is 1.28. The Morgan fingerprint density at radius 1 is 1.25 bits per heavy atom. The standard InChI is InChI=1S/C16H15N3O4S/c17-9-14-6-7-15(11-18-14)24(22,23)19-10-13(16(20)21)8-12-4-2-1-3-5-12/h1-7,11,13,19H,8,10H2,(H,20,21). The summed E-state index contributed by atoms with van der Waals surface area (Å²) in [6, 6.07) is 13.3. The van der Waals surface area contributed by atoms with Crippen LogP contribution in [-0.2, 0) is 21.2 Å². The van der Waals surface area contributed by atoms with Crippen molar-refractivity contribution in [3.63, 3.8) is 0 Å². The molecule has 0 amide bonds. The molecule has 0 saturated heterocycles. The molecule has 0 aliphatic rings. The first kappa shape index (κ1) is 17.6. The van der Waals surface area contributed by atoms with Crippen molar-refractivity contribution in [2.45, 2.75) is 11.3 Å². The summed E-state index contributed by atoms with van der Waals surface area (Å²) in [4.78, 5) is 14.9.